The van der Waals surface area contributed by atoms with E-state index in [9.17, 15) is 9.90 Å². The van der Waals surface area contributed by atoms with Crippen molar-refractivity contribution in [2.75, 3.05) is 6.54 Å². The fourth-order valence-corrected chi connectivity index (χ4v) is 2.36. The summed E-state index contributed by atoms with van der Waals surface area (Å²) >= 11 is 0. The Labute approximate surface area is 114 Å². The number of rotatable bonds is 7. The summed E-state index contributed by atoms with van der Waals surface area (Å²) in [7, 11) is 0. The molecule has 0 amide bonds. The lowest BCUT2D eigenvalue weighted by atomic mass is 10.0. The molecule has 4 heteroatoms. The zero-order chi connectivity index (χ0) is 14.4. The molecule has 0 spiro atoms. The van der Waals surface area contributed by atoms with Gasteiger partial charge < -0.3 is 10.2 Å². The van der Waals surface area contributed by atoms with E-state index in [1.807, 2.05) is 12.1 Å². The van der Waals surface area contributed by atoms with Crippen molar-refractivity contribution in [3.63, 3.8) is 0 Å². The van der Waals surface area contributed by atoms with Gasteiger partial charge in [0.25, 0.3) is 0 Å². The maximum atomic E-state index is 10.8. The number of phenolic OH excluding ortho intramolecular Hbond substituents is 1. The molecule has 0 saturated carbocycles. The molecule has 106 valence electrons. The van der Waals surface area contributed by atoms with Crippen LogP contribution in [0.3, 0.4) is 0 Å². The van der Waals surface area contributed by atoms with Crippen LogP contribution >= 0.6 is 0 Å². The van der Waals surface area contributed by atoms with E-state index < -0.39 is 5.97 Å². The summed E-state index contributed by atoms with van der Waals surface area (Å²) in [6.07, 6.45) is 1.05. The average Bonchev–Trinajstić information content (AvgIpc) is 2.35. The molecule has 0 aliphatic rings. The minimum absolute atomic E-state index is 0.146. The third-order valence-corrected chi connectivity index (χ3v) is 3.31. The van der Waals surface area contributed by atoms with Crippen molar-refractivity contribution < 1.29 is 15.0 Å². The maximum Gasteiger partial charge on any atom is 0.304 e. The first kappa shape index (κ1) is 15.5. The second-order valence-corrected chi connectivity index (χ2v) is 4.99. The number of benzene rings is 1. The van der Waals surface area contributed by atoms with Gasteiger partial charge in [-0.3, -0.25) is 9.69 Å². The van der Waals surface area contributed by atoms with Crippen molar-refractivity contribution in [3.05, 3.63) is 29.8 Å². The maximum absolute atomic E-state index is 10.8. The molecular formula is C15H23NO3. The molecule has 0 aliphatic carbocycles. The molecule has 0 fully saturated rings. The van der Waals surface area contributed by atoms with Crippen LogP contribution in [0, 0.1) is 0 Å². The predicted octanol–water partition coefficient (Wildman–Crippen LogP) is 3.03. The molecule has 19 heavy (non-hydrogen) atoms. The van der Waals surface area contributed by atoms with Crippen molar-refractivity contribution in [1.82, 2.24) is 4.90 Å². The number of carboxylic acids is 1. The van der Waals surface area contributed by atoms with Crippen LogP contribution in [0.2, 0.25) is 0 Å². The fraction of sp³-hybridized carbons (Fsp3) is 0.533. The van der Waals surface area contributed by atoms with Crippen LogP contribution in [-0.4, -0.2) is 33.7 Å². The molecule has 0 radical (unpaired) electrons. The highest BCUT2D eigenvalue weighted by Crippen LogP contribution is 2.27. The molecule has 0 bridgehead atoms. The molecule has 1 aromatic carbocycles. The number of carboxylic acid groups (broad SMARTS) is 1. The number of hydrogen-bond donors (Lipinski definition) is 2. The summed E-state index contributed by atoms with van der Waals surface area (Å²) in [6.45, 7) is 6.77. The van der Waals surface area contributed by atoms with Crippen LogP contribution in [-0.2, 0) is 4.79 Å². The molecule has 0 aliphatic heterocycles. The number of aromatic hydroxyl groups is 1. The summed E-state index contributed by atoms with van der Waals surface area (Å²) in [6, 6.07) is 7.61. The first-order valence-electron chi connectivity index (χ1n) is 6.72. The zero-order valence-electron chi connectivity index (χ0n) is 11.8. The molecule has 2 N–H and O–H groups in total. The van der Waals surface area contributed by atoms with E-state index in [-0.39, 0.29) is 24.3 Å². The third kappa shape index (κ3) is 4.56. The van der Waals surface area contributed by atoms with Gasteiger partial charge in [-0.2, -0.15) is 0 Å². The average molecular weight is 265 g/mol. The zero-order valence-corrected chi connectivity index (χ0v) is 11.8. The van der Waals surface area contributed by atoms with Crippen LogP contribution < -0.4 is 0 Å². The molecule has 0 saturated heterocycles. The quantitative estimate of drug-likeness (QED) is 0.795. The van der Waals surface area contributed by atoms with Crippen molar-refractivity contribution in [3.8, 4) is 5.75 Å². The summed E-state index contributed by atoms with van der Waals surface area (Å²) < 4.78 is 0. The number of phenols is 1. The van der Waals surface area contributed by atoms with E-state index in [4.69, 9.17) is 5.11 Å². The van der Waals surface area contributed by atoms with Gasteiger partial charge in [-0.15, -0.1) is 0 Å². The van der Waals surface area contributed by atoms with Gasteiger partial charge in [0.1, 0.15) is 5.75 Å². The van der Waals surface area contributed by atoms with Gasteiger partial charge in [-0.05, 0) is 38.0 Å². The second kappa shape index (κ2) is 7.14. The highest BCUT2D eigenvalue weighted by atomic mass is 16.4. The SMILES string of the molecule is CCC(c1ccc(O)cc1)N(CCC(=O)O)C(C)C. The van der Waals surface area contributed by atoms with Gasteiger partial charge in [-0.1, -0.05) is 19.1 Å². The molecule has 1 unspecified atom stereocenters. The number of aliphatic carboxylic acids is 1. The van der Waals surface area contributed by atoms with Crippen molar-refractivity contribution in [2.24, 2.45) is 0 Å². The Morgan fingerprint density at radius 2 is 1.84 bits per heavy atom. The lowest BCUT2D eigenvalue weighted by Gasteiger charge is -2.34. The molecule has 0 aromatic heterocycles. The van der Waals surface area contributed by atoms with Crippen molar-refractivity contribution >= 4 is 5.97 Å². The molecule has 1 aromatic rings. The lowest BCUT2D eigenvalue weighted by Crippen LogP contribution is -2.36. The van der Waals surface area contributed by atoms with Crippen LogP contribution in [0.4, 0.5) is 0 Å². The van der Waals surface area contributed by atoms with Crippen LogP contribution in [0.5, 0.6) is 5.75 Å². The first-order valence-corrected chi connectivity index (χ1v) is 6.72. The number of carbonyl (C=O) groups is 1. The van der Waals surface area contributed by atoms with Gasteiger partial charge in [0.2, 0.25) is 0 Å². The normalized spacial score (nSPS) is 12.9. The smallest absolute Gasteiger partial charge is 0.304 e. The minimum atomic E-state index is -0.772. The highest BCUT2D eigenvalue weighted by molar-refractivity contribution is 5.66. The topological polar surface area (TPSA) is 60.8 Å². The van der Waals surface area contributed by atoms with E-state index in [1.54, 1.807) is 12.1 Å². The standard InChI is InChI=1S/C15H23NO3/c1-4-14(12-5-7-13(17)8-6-12)16(11(2)3)10-9-15(18)19/h5-8,11,14,17H,4,9-10H2,1-3H3,(H,18,19). The summed E-state index contributed by atoms with van der Waals surface area (Å²) in [5, 5.41) is 18.2. The fourth-order valence-electron chi connectivity index (χ4n) is 2.36. The van der Waals surface area contributed by atoms with Crippen molar-refractivity contribution in [1.29, 1.82) is 0 Å². The first-order chi connectivity index (χ1) is 8.95. The highest BCUT2D eigenvalue weighted by Gasteiger charge is 2.21. The van der Waals surface area contributed by atoms with Crippen LogP contribution in [0.1, 0.15) is 45.2 Å². The van der Waals surface area contributed by atoms with E-state index in [1.165, 1.54) is 0 Å². The van der Waals surface area contributed by atoms with Crippen molar-refractivity contribution in [2.45, 2.75) is 45.7 Å². The van der Waals surface area contributed by atoms with E-state index in [2.05, 4.69) is 25.7 Å². The minimum Gasteiger partial charge on any atom is -0.508 e. The Balaban J connectivity index is 2.89. The number of nitrogens with zero attached hydrogens (tertiary/aromatic N) is 1. The predicted molar refractivity (Wildman–Crippen MR) is 75.2 cm³/mol. The largest absolute Gasteiger partial charge is 0.508 e. The van der Waals surface area contributed by atoms with E-state index in [0.717, 1.165) is 12.0 Å². The lowest BCUT2D eigenvalue weighted by molar-refractivity contribution is -0.137. The number of hydrogen-bond acceptors (Lipinski definition) is 3. The Bertz CT molecular complexity index is 400. The molecule has 4 nitrogen and oxygen atoms in total. The monoisotopic (exact) mass is 265 g/mol. The van der Waals surface area contributed by atoms with Gasteiger partial charge in [0.05, 0.1) is 6.42 Å². The van der Waals surface area contributed by atoms with E-state index >= 15 is 0 Å². The summed E-state index contributed by atoms with van der Waals surface area (Å²) in [5.74, 6) is -0.522. The summed E-state index contributed by atoms with van der Waals surface area (Å²) in [5.41, 5.74) is 1.11. The van der Waals surface area contributed by atoms with Gasteiger partial charge in [0, 0.05) is 18.6 Å². The Morgan fingerprint density at radius 1 is 1.26 bits per heavy atom. The molecular weight excluding hydrogens is 242 g/mol. The van der Waals surface area contributed by atoms with Crippen LogP contribution in [0.25, 0.3) is 0 Å². The Hall–Kier alpha value is -1.55. The Morgan fingerprint density at radius 3 is 2.26 bits per heavy atom. The van der Waals surface area contributed by atoms with Gasteiger partial charge in [-0.25, -0.2) is 0 Å². The summed E-state index contributed by atoms with van der Waals surface area (Å²) in [4.78, 5) is 13.0. The molecule has 1 atom stereocenters. The van der Waals surface area contributed by atoms with Gasteiger partial charge >= 0.3 is 5.97 Å². The molecule has 0 heterocycles. The van der Waals surface area contributed by atoms with Crippen LogP contribution in [0.15, 0.2) is 24.3 Å². The molecule has 1 rings (SSSR count). The Kier molecular flexibility index (Phi) is 5.83. The third-order valence-electron chi connectivity index (χ3n) is 3.31. The second-order valence-electron chi connectivity index (χ2n) is 4.99. The van der Waals surface area contributed by atoms with E-state index in [0.29, 0.717) is 6.54 Å². The van der Waals surface area contributed by atoms with Gasteiger partial charge in [0.15, 0.2) is 0 Å².